The highest BCUT2D eigenvalue weighted by molar-refractivity contribution is 9.10. The standard InChI is InChI=1S/C12H9BrFN3O/c13-9-6-8(3-4-10(9)14)7-16-17-12(18)11-2-1-5-15-11/h1-7,15H,(H,17,18)/b16-7-. The van der Waals surface area contributed by atoms with Gasteiger partial charge in [0, 0.05) is 6.20 Å². The second-order valence-corrected chi connectivity index (χ2v) is 4.31. The van der Waals surface area contributed by atoms with Gasteiger partial charge >= 0.3 is 0 Å². The fourth-order valence-electron chi connectivity index (χ4n) is 1.29. The van der Waals surface area contributed by atoms with E-state index >= 15 is 0 Å². The van der Waals surface area contributed by atoms with Gasteiger partial charge in [0.2, 0.25) is 0 Å². The lowest BCUT2D eigenvalue weighted by molar-refractivity contribution is 0.0951. The molecule has 2 rings (SSSR count). The highest BCUT2D eigenvalue weighted by atomic mass is 79.9. The molecule has 0 atom stereocenters. The average molecular weight is 310 g/mol. The second-order valence-electron chi connectivity index (χ2n) is 3.46. The lowest BCUT2D eigenvalue weighted by Crippen LogP contribution is -2.17. The first-order valence-electron chi connectivity index (χ1n) is 5.08. The smallest absolute Gasteiger partial charge is 0.287 e. The van der Waals surface area contributed by atoms with Crippen molar-refractivity contribution in [1.29, 1.82) is 0 Å². The van der Waals surface area contributed by atoms with E-state index in [-0.39, 0.29) is 11.7 Å². The average Bonchev–Trinajstić information content (AvgIpc) is 2.87. The number of H-pyrrole nitrogens is 1. The van der Waals surface area contributed by atoms with Crippen LogP contribution in [-0.4, -0.2) is 17.1 Å². The van der Waals surface area contributed by atoms with Crippen LogP contribution in [0, 0.1) is 5.82 Å². The Balaban J connectivity index is 1.99. The van der Waals surface area contributed by atoms with Gasteiger partial charge in [-0.2, -0.15) is 5.10 Å². The molecule has 1 aromatic heterocycles. The van der Waals surface area contributed by atoms with Gasteiger partial charge in [0.1, 0.15) is 11.5 Å². The van der Waals surface area contributed by atoms with E-state index in [0.29, 0.717) is 15.7 Å². The monoisotopic (exact) mass is 309 g/mol. The normalized spacial score (nSPS) is 10.8. The van der Waals surface area contributed by atoms with Gasteiger partial charge in [0.25, 0.3) is 5.91 Å². The first-order valence-corrected chi connectivity index (χ1v) is 5.88. The number of aromatic nitrogens is 1. The van der Waals surface area contributed by atoms with Crippen molar-refractivity contribution in [1.82, 2.24) is 10.4 Å². The maximum Gasteiger partial charge on any atom is 0.287 e. The maximum atomic E-state index is 13.0. The van der Waals surface area contributed by atoms with Crippen molar-refractivity contribution in [2.75, 3.05) is 0 Å². The first-order chi connectivity index (χ1) is 8.66. The Hall–Kier alpha value is -1.95. The largest absolute Gasteiger partial charge is 0.357 e. The SMILES string of the molecule is O=C(N/N=C\c1ccc(F)c(Br)c1)c1ccc[nH]1. The van der Waals surface area contributed by atoms with Crippen molar-refractivity contribution in [3.8, 4) is 0 Å². The van der Waals surface area contributed by atoms with Crippen molar-refractivity contribution in [2.24, 2.45) is 5.10 Å². The van der Waals surface area contributed by atoms with Crippen LogP contribution in [0.2, 0.25) is 0 Å². The zero-order valence-corrected chi connectivity index (χ0v) is 10.7. The molecule has 0 spiro atoms. The molecule has 2 N–H and O–H groups in total. The van der Waals surface area contributed by atoms with Crippen molar-refractivity contribution >= 4 is 28.1 Å². The molecule has 6 heteroatoms. The van der Waals surface area contributed by atoms with Gasteiger partial charge in [-0.15, -0.1) is 0 Å². The van der Waals surface area contributed by atoms with Crippen LogP contribution in [0.5, 0.6) is 0 Å². The van der Waals surface area contributed by atoms with Gasteiger partial charge in [-0.3, -0.25) is 4.79 Å². The molecule has 0 fully saturated rings. The molecule has 0 aliphatic carbocycles. The van der Waals surface area contributed by atoms with E-state index in [4.69, 9.17) is 0 Å². The highest BCUT2D eigenvalue weighted by Crippen LogP contribution is 2.15. The van der Waals surface area contributed by atoms with Crippen LogP contribution in [0.3, 0.4) is 0 Å². The molecule has 1 heterocycles. The summed E-state index contributed by atoms with van der Waals surface area (Å²) in [5.74, 6) is -0.681. The van der Waals surface area contributed by atoms with Crippen LogP contribution in [0.4, 0.5) is 4.39 Å². The summed E-state index contributed by atoms with van der Waals surface area (Å²) in [6.45, 7) is 0. The molecule has 18 heavy (non-hydrogen) atoms. The topological polar surface area (TPSA) is 57.2 Å². The molecule has 0 saturated heterocycles. The zero-order chi connectivity index (χ0) is 13.0. The number of carbonyl (C=O) groups is 1. The predicted molar refractivity (Wildman–Crippen MR) is 70.0 cm³/mol. The number of aromatic amines is 1. The summed E-state index contributed by atoms with van der Waals surface area (Å²) in [7, 11) is 0. The summed E-state index contributed by atoms with van der Waals surface area (Å²) in [6.07, 6.45) is 3.08. The third-order valence-corrected chi connectivity index (χ3v) is 2.77. The molecule has 0 unspecified atom stereocenters. The zero-order valence-electron chi connectivity index (χ0n) is 9.15. The van der Waals surface area contributed by atoms with Crippen molar-refractivity contribution in [3.63, 3.8) is 0 Å². The lowest BCUT2D eigenvalue weighted by Gasteiger charge is -1.98. The third-order valence-electron chi connectivity index (χ3n) is 2.17. The lowest BCUT2D eigenvalue weighted by atomic mass is 10.2. The molecule has 0 bridgehead atoms. The number of rotatable bonds is 3. The molecule has 1 aromatic carbocycles. The van der Waals surface area contributed by atoms with Crippen LogP contribution in [0.1, 0.15) is 16.1 Å². The molecular weight excluding hydrogens is 301 g/mol. The third kappa shape index (κ3) is 3.04. The second kappa shape index (κ2) is 5.59. The van der Waals surface area contributed by atoms with E-state index in [1.807, 2.05) is 0 Å². The summed E-state index contributed by atoms with van der Waals surface area (Å²) in [6, 6.07) is 7.80. The first kappa shape index (κ1) is 12.5. The number of halogens is 2. The number of nitrogens with zero attached hydrogens (tertiary/aromatic N) is 1. The Bertz CT molecular complexity index is 581. The minimum absolute atomic E-state index is 0.336. The fraction of sp³-hybridized carbons (Fsp3) is 0. The number of amides is 1. The summed E-state index contributed by atoms with van der Waals surface area (Å²) < 4.78 is 13.3. The van der Waals surface area contributed by atoms with Crippen LogP contribution in [0.25, 0.3) is 0 Å². The van der Waals surface area contributed by atoms with E-state index < -0.39 is 0 Å². The minimum Gasteiger partial charge on any atom is -0.357 e. The molecule has 0 aliphatic rings. The summed E-state index contributed by atoms with van der Waals surface area (Å²) in [5.41, 5.74) is 3.46. The van der Waals surface area contributed by atoms with Gasteiger partial charge < -0.3 is 4.98 Å². The molecule has 1 amide bonds. The van der Waals surface area contributed by atoms with Crippen molar-refractivity contribution in [2.45, 2.75) is 0 Å². The molecular formula is C12H9BrFN3O. The Morgan fingerprint density at radius 1 is 1.44 bits per heavy atom. The van der Waals surface area contributed by atoms with Crippen molar-refractivity contribution in [3.05, 3.63) is 58.1 Å². The van der Waals surface area contributed by atoms with Gasteiger partial charge in [-0.05, 0) is 45.8 Å². The molecule has 0 saturated carbocycles. The Kier molecular flexibility index (Phi) is 3.88. The van der Waals surface area contributed by atoms with E-state index in [9.17, 15) is 9.18 Å². The summed E-state index contributed by atoms with van der Waals surface area (Å²) >= 11 is 3.07. The number of benzene rings is 1. The van der Waals surface area contributed by atoms with E-state index in [1.54, 1.807) is 30.5 Å². The van der Waals surface area contributed by atoms with Gasteiger partial charge in [0.05, 0.1) is 10.7 Å². The predicted octanol–water partition coefficient (Wildman–Crippen LogP) is 2.68. The van der Waals surface area contributed by atoms with E-state index in [2.05, 4.69) is 31.4 Å². The number of hydrazone groups is 1. The van der Waals surface area contributed by atoms with Crippen molar-refractivity contribution < 1.29 is 9.18 Å². The highest BCUT2D eigenvalue weighted by Gasteiger charge is 2.03. The Morgan fingerprint density at radius 3 is 2.94 bits per heavy atom. The molecule has 2 aromatic rings. The summed E-state index contributed by atoms with van der Waals surface area (Å²) in [4.78, 5) is 14.3. The van der Waals surface area contributed by atoms with Crippen LogP contribution in [-0.2, 0) is 0 Å². The Morgan fingerprint density at radius 2 is 2.28 bits per heavy atom. The fourth-order valence-corrected chi connectivity index (χ4v) is 1.69. The number of carbonyl (C=O) groups excluding carboxylic acids is 1. The van der Waals surface area contributed by atoms with E-state index in [0.717, 1.165) is 0 Å². The molecule has 92 valence electrons. The quantitative estimate of drug-likeness (QED) is 0.664. The van der Waals surface area contributed by atoms with Crippen LogP contribution < -0.4 is 5.43 Å². The number of nitrogens with one attached hydrogen (secondary N) is 2. The Labute approximate surface area is 111 Å². The van der Waals surface area contributed by atoms with Gasteiger partial charge in [-0.25, -0.2) is 9.82 Å². The van der Waals surface area contributed by atoms with E-state index in [1.165, 1.54) is 12.3 Å². The van der Waals surface area contributed by atoms with Crippen LogP contribution >= 0.6 is 15.9 Å². The van der Waals surface area contributed by atoms with Crippen LogP contribution in [0.15, 0.2) is 46.1 Å². The maximum absolute atomic E-state index is 13.0. The van der Waals surface area contributed by atoms with Gasteiger partial charge in [-0.1, -0.05) is 6.07 Å². The number of hydrogen-bond acceptors (Lipinski definition) is 2. The number of hydrogen-bond donors (Lipinski definition) is 2. The molecule has 4 nitrogen and oxygen atoms in total. The van der Waals surface area contributed by atoms with Gasteiger partial charge in [0.15, 0.2) is 0 Å². The molecule has 0 aliphatic heterocycles. The summed E-state index contributed by atoms with van der Waals surface area (Å²) in [5, 5.41) is 3.78. The minimum atomic E-state index is -0.345. The molecule has 0 radical (unpaired) electrons.